The number of rotatable bonds is 7. The van der Waals surface area contributed by atoms with E-state index in [1.807, 2.05) is 19.1 Å². The first kappa shape index (κ1) is 25.7. The maximum absolute atomic E-state index is 14.3. The molecule has 198 valence electrons. The Morgan fingerprint density at radius 2 is 1.82 bits per heavy atom. The molecule has 3 heterocycles. The Balaban J connectivity index is 1.57. The van der Waals surface area contributed by atoms with Crippen molar-refractivity contribution in [3.8, 4) is 22.8 Å². The SMILES string of the molecule is COc1ncc(-c2cc(OC3CCOCC3)c3ncnc(C)c3c2)cc1NS(=O)(=O)c1ccc(F)cc1F. The summed E-state index contributed by atoms with van der Waals surface area (Å²) in [6, 6.07) is 7.41. The minimum Gasteiger partial charge on any atom is -0.488 e. The van der Waals surface area contributed by atoms with Crippen LogP contribution in [0.5, 0.6) is 11.6 Å². The highest BCUT2D eigenvalue weighted by Gasteiger charge is 2.23. The molecule has 1 aliphatic rings. The molecule has 5 rings (SSSR count). The number of nitrogens with one attached hydrogen (secondary N) is 1. The molecular weight excluding hydrogens is 518 g/mol. The van der Waals surface area contributed by atoms with Crippen LogP contribution >= 0.6 is 0 Å². The Kier molecular flexibility index (Phi) is 7.09. The number of nitrogens with zero attached hydrogens (tertiary/aromatic N) is 3. The maximum atomic E-state index is 14.3. The molecule has 0 atom stereocenters. The lowest BCUT2D eigenvalue weighted by molar-refractivity contribution is 0.0261. The van der Waals surface area contributed by atoms with Gasteiger partial charge in [0, 0.05) is 41.7 Å². The summed E-state index contributed by atoms with van der Waals surface area (Å²) in [6.45, 7) is 3.07. The molecule has 0 saturated carbocycles. The van der Waals surface area contributed by atoms with E-state index in [1.54, 1.807) is 0 Å². The predicted molar refractivity (Wildman–Crippen MR) is 136 cm³/mol. The average molecular weight is 543 g/mol. The molecule has 0 aliphatic carbocycles. The van der Waals surface area contributed by atoms with Crippen LogP contribution in [0.4, 0.5) is 14.5 Å². The molecule has 0 bridgehead atoms. The molecule has 0 spiro atoms. The van der Waals surface area contributed by atoms with Crippen LogP contribution in [0.2, 0.25) is 0 Å². The highest BCUT2D eigenvalue weighted by molar-refractivity contribution is 7.92. The first-order chi connectivity index (χ1) is 18.2. The Labute approximate surface area is 217 Å². The molecule has 38 heavy (non-hydrogen) atoms. The number of halogens is 2. The fourth-order valence-corrected chi connectivity index (χ4v) is 5.34. The lowest BCUT2D eigenvalue weighted by Gasteiger charge is -2.24. The number of ether oxygens (including phenoxy) is 3. The highest BCUT2D eigenvalue weighted by atomic mass is 32.2. The molecule has 1 fully saturated rings. The van der Waals surface area contributed by atoms with Crippen LogP contribution in [0.3, 0.4) is 0 Å². The van der Waals surface area contributed by atoms with Crippen molar-refractivity contribution in [2.45, 2.75) is 30.8 Å². The number of hydrogen-bond donors (Lipinski definition) is 1. The summed E-state index contributed by atoms with van der Waals surface area (Å²) in [5.74, 6) is -1.59. The number of aryl methyl sites for hydroxylation is 1. The summed E-state index contributed by atoms with van der Waals surface area (Å²) in [4.78, 5) is 12.3. The van der Waals surface area contributed by atoms with E-state index in [0.29, 0.717) is 41.7 Å². The van der Waals surface area contributed by atoms with Crippen LogP contribution in [-0.4, -0.2) is 49.8 Å². The average Bonchev–Trinajstić information content (AvgIpc) is 2.89. The van der Waals surface area contributed by atoms with Gasteiger partial charge in [0.1, 0.15) is 45.9 Å². The van der Waals surface area contributed by atoms with Crippen molar-refractivity contribution in [1.82, 2.24) is 15.0 Å². The monoisotopic (exact) mass is 542 g/mol. The predicted octanol–water partition coefficient (Wildman–Crippen LogP) is 4.65. The van der Waals surface area contributed by atoms with Gasteiger partial charge in [-0.1, -0.05) is 0 Å². The summed E-state index contributed by atoms with van der Waals surface area (Å²) in [5, 5.41) is 0.762. The quantitative estimate of drug-likeness (QED) is 0.359. The van der Waals surface area contributed by atoms with Crippen molar-refractivity contribution < 1.29 is 31.4 Å². The van der Waals surface area contributed by atoms with Crippen molar-refractivity contribution in [2.24, 2.45) is 0 Å². The van der Waals surface area contributed by atoms with Crippen LogP contribution in [0.1, 0.15) is 18.5 Å². The molecule has 2 aromatic heterocycles. The fourth-order valence-electron chi connectivity index (χ4n) is 4.23. The molecule has 1 saturated heterocycles. The van der Waals surface area contributed by atoms with E-state index in [4.69, 9.17) is 14.2 Å². The van der Waals surface area contributed by atoms with E-state index in [9.17, 15) is 17.2 Å². The number of pyridine rings is 1. The Bertz CT molecular complexity index is 1610. The van der Waals surface area contributed by atoms with E-state index in [0.717, 1.165) is 36.1 Å². The number of aromatic nitrogens is 3. The molecule has 4 aromatic rings. The van der Waals surface area contributed by atoms with Crippen LogP contribution in [0.15, 0.2) is 53.8 Å². The topological polar surface area (TPSA) is 113 Å². The van der Waals surface area contributed by atoms with Gasteiger partial charge in [0.15, 0.2) is 0 Å². The second-order valence-electron chi connectivity index (χ2n) is 8.72. The van der Waals surface area contributed by atoms with Crippen LogP contribution in [0, 0.1) is 18.6 Å². The number of hydrogen-bond acceptors (Lipinski definition) is 8. The Morgan fingerprint density at radius 3 is 2.55 bits per heavy atom. The van der Waals surface area contributed by atoms with Crippen LogP contribution in [0.25, 0.3) is 22.0 Å². The Hall–Kier alpha value is -3.90. The van der Waals surface area contributed by atoms with Crippen LogP contribution in [-0.2, 0) is 14.8 Å². The second kappa shape index (κ2) is 10.5. The number of fused-ring (bicyclic) bond motifs is 1. The van der Waals surface area contributed by atoms with Crippen LogP contribution < -0.4 is 14.2 Å². The zero-order chi connectivity index (χ0) is 26.9. The normalized spacial score (nSPS) is 14.4. The van der Waals surface area contributed by atoms with Crippen molar-refractivity contribution in [2.75, 3.05) is 25.0 Å². The van der Waals surface area contributed by atoms with Crippen molar-refractivity contribution in [1.29, 1.82) is 0 Å². The molecule has 9 nitrogen and oxygen atoms in total. The number of methoxy groups -OCH3 is 1. The smallest absolute Gasteiger partial charge is 0.264 e. The van der Waals surface area contributed by atoms with Gasteiger partial charge in [-0.3, -0.25) is 4.72 Å². The molecule has 0 radical (unpaired) electrons. The minimum absolute atomic E-state index is 0.0262. The highest BCUT2D eigenvalue weighted by Crippen LogP contribution is 2.36. The van der Waals surface area contributed by atoms with Gasteiger partial charge in [0.2, 0.25) is 5.88 Å². The third-order valence-electron chi connectivity index (χ3n) is 6.17. The molecule has 1 N–H and O–H groups in total. The summed E-state index contributed by atoms with van der Waals surface area (Å²) in [5.41, 5.74) is 2.57. The third kappa shape index (κ3) is 5.22. The molecular formula is C26H24F2N4O5S. The minimum atomic E-state index is -4.43. The Morgan fingerprint density at radius 1 is 1.03 bits per heavy atom. The number of benzene rings is 2. The standard InChI is InChI=1S/C26H24F2N4O5S/c1-15-20-9-16(11-23(25(20)31-14-30-15)37-19-5-7-36-8-6-19)17-10-22(26(35-2)29-13-17)32-38(33,34)24-4-3-18(27)12-21(24)28/h3-4,9-14,19,32H,5-8H2,1-2H3. The molecule has 1 aliphatic heterocycles. The third-order valence-corrected chi connectivity index (χ3v) is 7.57. The fraction of sp³-hybridized carbons (Fsp3) is 0.269. The largest absolute Gasteiger partial charge is 0.488 e. The summed E-state index contributed by atoms with van der Waals surface area (Å²) >= 11 is 0. The molecule has 12 heteroatoms. The first-order valence-corrected chi connectivity index (χ1v) is 13.3. The zero-order valence-electron chi connectivity index (χ0n) is 20.6. The number of sulfonamides is 1. The van der Waals surface area contributed by atoms with Gasteiger partial charge in [-0.15, -0.1) is 0 Å². The van der Waals surface area contributed by atoms with Crippen molar-refractivity contribution in [3.63, 3.8) is 0 Å². The second-order valence-corrected chi connectivity index (χ2v) is 10.4. The lowest BCUT2D eigenvalue weighted by Crippen LogP contribution is -2.26. The van der Waals surface area contributed by atoms with Gasteiger partial charge in [0.25, 0.3) is 10.0 Å². The van der Waals surface area contributed by atoms with Gasteiger partial charge >= 0.3 is 0 Å². The van der Waals surface area contributed by atoms with E-state index < -0.39 is 26.6 Å². The first-order valence-electron chi connectivity index (χ1n) is 11.8. The summed E-state index contributed by atoms with van der Waals surface area (Å²) in [6.07, 6.45) is 4.44. The van der Waals surface area contributed by atoms with Gasteiger partial charge < -0.3 is 14.2 Å². The maximum Gasteiger partial charge on any atom is 0.264 e. The lowest BCUT2D eigenvalue weighted by atomic mass is 10.0. The van der Waals surface area contributed by atoms with E-state index >= 15 is 0 Å². The molecule has 0 unspecified atom stereocenters. The zero-order valence-corrected chi connectivity index (χ0v) is 21.4. The van der Waals surface area contributed by atoms with Gasteiger partial charge in [-0.2, -0.15) is 0 Å². The van der Waals surface area contributed by atoms with Gasteiger partial charge in [0.05, 0.1) is 20.3 Å². The van der Waals surface area contributed by atoms with Crippen molar-refractivity contribution >= 4 is 26.6 Å². The summed E-state index contributed by atoms with van der Waals surface area (Å²) < 4.78 is 72.8. The van der Waals surface area contributed by atoms with Crippen molar-refractivity contribution in [3.05, 3.63) is 66.3 Å². The molecule has 0 amide bonds. The van der Waals surface area contributed by atoms with Gasteiger partial charge in [-0.25, -0.2) is 32.2 Å². The van der Waals surface area contributed by atoms with E-state index in [1.165, 1.54) is 25.7 Å². The number of anilines is 1. The summed E-state index contributed by atoms with van der Waals surface area (Å²) in [7, 11) is -3.10. The van der Waals surface area contributed by atoms with Gasteiger partial charge in [-0.05, 0) is 42.8 Å². The molecule has 2 aromatic carbocycles. The van der Waals surface area contributed by atoms with E-state index in [2.05, 4.69) is 19.7 Å². The van der Waals surface area contributed by atoms with E-state index in [-0.39, 0.29) is 17.7 Å².